The Kier molecular flexibility index (Phi) is 4.72. The molecular formula is C22H20N6O. The molecule has 0 radical (unpaired) electrons. The lowest BCUT2D eigenvalue weighted by Gasteiger charge is -2.29. The van der Waals surface area contributed by atoms with Gasteiger partial charge in [0.05, 0.1) is 24.9 Å². The Balaban J connectivity index is 1.52. The lowest BCUT2D eigenvalue weighted by Crippen LogP contribution is -2.36. The van der Waals surface area contributed by atoms with Crippen molar-refractivity contribution in [1.82, 2.24) is 19.9 Å². The summed E-state index contributed by atoms with van der Waals surface area (Å²) in [6.45, 7) is 3.38. The van der Waals surface area contributed by atoms with Crippen molar-refractivity contribution in [2.75, 3.05) is 36.5 Å². The van der Waals surface area contributed by atoms with Crippen LogP contribution in [0.4, 0.5) is 17.3 Å². The molecule has 2 aromatic heterocycles. The molecule has 1 fully saturated rings. The minimum atomic E-state index is 0.646. The molecule has 0 spiro atoms. The van der Waals surface area contributed by atoms with E-state index in [-0.39, 0.29) is 0 Å². The molecule has 0 atom stereocenters. The monoisotopic (exact) mass is 384 g/mol. The summed E-state index contributed by atoms with van der Waals surface area (Å²) < 4.78 is 5.47. The number of aromatic nitrogens is 4. The largest absolute Gasteiger partial charge is 0.378 e. The van der Waals surface area contributed by atoms with Crippen molar-refractivity contribution in [3.05, 3.63) is 67.4 Å². The van der Waals surface area contributed by atoms with Crippen molar-refractivity contribution in [1.29, 1.82) is 0 Å². The summed E-state index contributed by atoms with van der Waals surface area (Å²) in [6, 6.07) is 14.9. The van der Waals surface area contributed by atoms with Gasteiger partial charge in [-0.3, -0.25) is 4.98 Å². The van der Waals surface area contributed by atoms with Gasteiger partial charge in [-0.2, -0.15) is 0 Å². The number of morpholine rings is 1. The lowest BCUT2D eigenvalue weighted by atomic mass is 10.0. The van der Waals surface area contributed by atoms with Gasteiger partial charge in [-0.15, -0.1) is 0 Å². The minimum absolute atomic E-state index is 0.646. The smallest absolute Gasteiger partial charge is 0.150 e. The maximum atomic E-state index is 5.47. The summed E-state index contributed by atoms with van der Waals surface area (Å²) in [4.78, 5) is 19.5. The summed E-state index contributed by atoms with van der Waals surface area (Å²) in [5.74, 6) is 1.36. The zero-order valence-corrected chi connectivity index (χ0v) is 15.8. The van der Waals surface area contributed by atoms with Crippen molar-refractivity contribution in [2.24, 2.45) is 0 Å². The number of anilines is 3. The van der Waals surface area contributed by atoms with E-state index in [1.807, 2.05) is 6.07 Å². The number of nitrogens with one attached hydrogen (secondary N) is 1. The Bertz CT molecular complexity index is 1130. The first kappa shape index (κ1) is 17.5. The van der Waals surface area contributed by atoms with Gasteiger partial charge in [-0.05, 0) is 35.4 Å². The quantitative estimate of drug-likeness (QED) is 0.575. The summed E-state index contributed by atoms with van der Waals surface area (Å²) in [5.41, 5.74) is 4.36. The van der Waals surface area contributed by atoms with E-state index < -0.39 is 0 Å². The number of ether oxygens (including phenoxy) is 1. The molecule has 4 aromatic rings. The van der Waals surface area contributed by atoms with Gasteiger partial charge in [0.25, 0.3) is 0 Å². The average Bonchev–Trinajstić information content (AvgIpc) is 2.80. The maximum absolute atomic E-state index is 5.47. The van der Waals surface area contributed by atoms with E-state index in [1.165, 1.54) is 5.69 Å². The van der Waals surface area contributed by atoms with Gasteiger partial charge in [-0.1, -0.05) is 18.2 Å². The fourth-order valence-corrected chi connectivity index (χ4v) is 3.52. The van der Waals surface area contributed by atoms with E-state index in [1.54, 1.807) is 24.9 Å². The predicted octanol–water partition coefficient (Wildman–Crippen LogP) is 3.67. The van der Waals surface area contributed by atoms with Crippen molar-refractivity contribution >= 4 is 28.2 Å². The second-order valence-corrected chi connectivity index (χ2v) is 6.82. The molecule has 3 heterocycles. The van der Waals surface area contributed by atoms with Crippen LogP contribution in [0.25, 0.3) is 22.0 Å². The Morgan fingerprint density at radius 2 is 1.79 bits per heavy atom. The Morgan fingerprint density at radius 1 is 0.897 bits per heavy atom. The van der Waals surface area contributed by atoms with Gasteiger partial charge in [0, 0.05) is 36.6 Å². The first-order valence-electron chi connectivity index (χ1n) is 9.58. The number of fused-ring (bicyclic) bond motifs is 1. The topological polar surface area (TPSA) is 76.1 Å². The molecule has 5 rings (SSSR count). The summed E-state index contributed by atoms with van der Waals surface area (Å²) in [7, 11) is 0. The normalized spacial score (nSPS) is 14.1. The summed E-state index contributed by atoms with van der Waals surface area (Å²) in [5, 5.41) is 4.18. The molecule has 7 heteroatoms. The molecule has 0 saturated carbocycles. The highest BCUT2D eigenvalue weighted by Crippen LogP contribution is 2.30. The van der Waals surface area contributed by atoms with Crippen LogP contribution in [0, 0.1) is 0 Å². The molecule has 0 unspecified atom stereocenters. The standard InChI is InChI=1S/C22H20N6O/c1-2-16(12-18(3-1)28-8-10-29-11-9-28)17-4-5-20-19(13-17)22(26-15-25-20)27-21-14-23-6-7-24-21/h1-7,12-15H,8-11H2,(H,24,25,26,27). The molecule has 2 aromatic carbocycles. The zero-order chi connectivity index (χ0) is 19.5. The van der Waals surface area contributed by atoms with Crippen LogP contribution in [0.2, 0.25) is 0 Å². The molecule has 144 valence electrons. The van der Waals surface area contributed by atoms with Crippen LogP contribution in [0.1, 0.15) is 0 Å². The summed E-state index contributed by atoms with van der Waals surface area (Å²) in [6.07, 6.45) is 6.51. The fourth-order valence-electron chi connectivity index (χ4n) is 3.52. The number of hydrogen-bond donors (Lipinski definition) is 1. The fraction of sp³-hybridized carbons (Fsp3) is 0.182. The van der Waals surface area contributed by atoms with Crippen molar-refractivity contribution in [3.63, 3.8) is 0 Å². The second kappa shape index (κ2) is 7.81. The van der Waals surface area contributed by atoms with E-state index in [2.05, 4.69) is 66.6 Å². The number of rotatable bonds is 4. The molecular weight excluding hydrogens is 364 g/mol. The van der Waals surface area contributed by atoms with Gasteiger partial charge in [-0.25, -0.2) is 15.0 Å². The number of benzene rings is 2. The molecule has 1 aliphatic heterocycles. The molecule has 0 bridgehead atoms. The molecule has 7 nitrogen and oxygen atoms in total. The first-order chi connectivity index (χ1) is 14.4. The maximum Gasteiger partial charge on any atom is 0.150 e. The molecule has 0 aliphatic carbocycles. The summed E-state index contributed by atoms with van der Waals surface area (Å²) >= 11 is 0. The first-order valence-corrected chi connectivity index (χ1v) is 9.58. The van der Waals surface area contributed by atoms with Gasteiger partial charge in [0.1, 0.15) is 18.0 Å². The number of hydrogen-bond acceptors (Lipinski definition) is 7. The van der Waals surface area contributed by atoms with Crippen LogP contribution in [0.3, 0.4) is 0 Å². The van der Waals surface area contributed by atoms with Gasteiger partial charge >= 0.3 is 0 Å². The Labute approximate surface area is 168 Å². The van der Waals surface area contributed by atoms with E-state index in [9.17, 15) is 0 Å². The molecule has 1 saturated heterocycles. The molecule has 29 heavy (non-hydrogen) atoms. The third kappa shape index (κ3) is 3.72. The van der Waals surface area contributed by atoms with E-state index in [0.29, 0.717) is 11.6 Å². The lowest BCUT2D eigenvalue weighted by molar-refractivity contribution is 0.122. The van der Waals surface area contributed by atoms with Gasteiger partial charge in [0.15, 0.2) is 0 Å². The second-order valence-electron chi connectivity index (χ2n) is 6.82. The van der Waals surface area contributed by atoms with Crippen LogP contribution >= 0.6 is 0 Å². The van der Waals surface area contributed by atoms with Crippen molar-refractivity contribution < 1.29 is 4.74 Å². The van der Waals surface area contributed by atoms with Gasteiger partial charge < -0.3 is 15.0 Å². The Morgan fingerprint density at radius 3 is 2.66 bits per heavy atom. The predicted molar refractivity (Wildman–Crippen MR) is 113 cm³/mol. The van der Waals surface area contributed by atoms with Crippen LogP contribution < -0.4 is 10.2 Å². The highest BCUT2D eigenvalue weighted by atomic mass is 16.5. The van der Waals surface area contributed by atoms with E-state index >= 15 is 0 Å². The van der Waals surface area contributed by atoms with Crippen molar-refractivity contribution in [2.45, 2.75) is 0 Å². The van der Waals surface area contributed by atoms with Crippen LogP contribution in [0.5, 0.6) is 0 Å². The van der Waals surface area contributed by atoms with E-state index in [4.69, 9.17) is 4.74 Å². The van der Waals surface area contributed by atoms with Gasteiger partial charge in [0.2, 0.25) is 0 Å². The molecule has 0 amide bonds. The van der Waals surface area contributed by atoms with Crippen LogP contribution in [0.15, 0.2) is 67.4 Å². The molecule has 1 N–H and O–H groups in total. The third-order valence-electron chi connectivity index (χ3n) is 5.00. The average molecular weight is 384 g/mol. The minimum Gasteiger partial charge on any atom is -0.378 e. The van der Waals surface area contributed by atoms with Crippen LogP contribution in [-0.4, -0.2) is 46.2 Å². The highest BCUT2D eigenvalue weighted by molar-refractivity contribution is 5.93. The SMILES string of the molecule is c1cc(-c2ccc3ncnc(Nc4cnccn4)c3c2)cc(N2CCOCC2)c1. The highest BCUT2D eigenvalue weighted by Gasteiger charge is 2.12. The van der Waals surface area contributed by atoms with Crippen LogP contribution in [-0.2, 0) is 4.74 Å². The molecule has 1 aliphatic rings. The number of nitrogens with zero attached hydrogens (tertiary/aromatic N) is 5. The van der Waals surface area contributed by atoms with Crippen molar-refractivity contribution in [3.8, 4) is 11.1 Å². The zero-order valence-electron chi connectivity index (χ0n) is 15.8. The van der Waals surface area contributed by atoms with E-state index in [0.717, 1.165) is 48.3 Å². The Hall–Kier alpha value is -3.58. The third-order valence-corrected chi connectivity index (χ3v) is 5.00.